The monoisotopic (exact) mass is 357 g/mol. The fourth-order valence-corrected chi connectivity index (χ4v) is 3.19. The minimum Gasteiger partial charge on any atom is -0.451 e. The molecule has 0 radical (unpaired) electrons. The van der Waals surface area contributed by atoms with E-state index in [4.69, 9.17) is 9.47 Å². The van der Waals surface area contributed by atoms with Crippen molar-refractivity contribution in [3.05, 3.63) is 47.3 Å². The maximum Gasteiger partial charge on any atom is 0.359 e. The van der Waals surface area contributed by atoms with Gasteiger partial charge in [-0.2, -0.15) is 5.10 Å². The summed E-state index contributed by atoms with van der Waals surface area (Å²) in [5, 5.41) is 7.16. The predicted molar refractivity (Wildman–Crippen MR) is 95.4 cm³/mol. The number of fused-ring (bicyclic) bond motifs is 1. The Morgan fingerprint density at radius 3 is 2.77 bits per heavy atom. The highest BCUT2D eigenvalue weighted by Gasteiger charge is 2.28. The Morgan fingerprint density at radius 1 is 1.27 bits per heavy atom. The second kappa shape index (κ2) is 8.14. The van der Waals surface area contributed by atoms with Gasteiger partial charge in [0.15, 0.2) is 12.3 Å². The SMILES string of the molecule is COCC(C)NC(=O)COC(=O)c1nn(-c2ccccc2)c2c1CCC2. The first-order valence-corrected chi connectivity index (χ1v) is 8.71. The molecule has 1 amide bonds. The van der Waals surface area contributed by atoms with E-state index in [0.717, 1.165) is 36.2 Å². The largest absolute Gasteiger partial charge is 0.451 e. The number of benzene rings is 1. The molecular formula is C19H23N3O4. The third kappa shape index (κ3) is 3.94. The highest BCUT2D eigenvalue weighted by molar-refractivity contribution is 5.91. The first kappa shape index (κ1) is 18.1. The summed E-state index contributed by atoms with van der Waals surface area (Å²) < 4.78 is 11.9. The summed E-state index contributed by atoms with van der Waals surface area (Å²) in [5.74, 6) is -0.922. The molecule has 0 fully saturated rings. The number of aromatic nitrogens is 2. The molecule has 1 aromatic carbocycles. The van der Waals surface area contributed by atoms with Crippen molar-refractivity contribution in [1.29, 1.82) is 0 Å². The highest BCUT2D eigenvalue weighted by atomic mass is 16.5. The summed E-state index contributed by atoms with van der Waals surface area (Å²) in [7, 11) is 1.56. The number of rotatable bonds is 7. The second-order valence-electron chi connectivity index (χ2n) is 6.37. The van der Waals surface area contributed by atoms with Gasteiger partial charge in [0.1, 0.15) is 0 Å². The van der Waals surface area contributed by atoms with E-state index in [1.807, 2.05) is 37.3 Å². The van der Waals surface area contributed by atoms with Gasteiger partial charge in [0.25, 0.3) is 5.91 Å². The van der Waals surface area contributed by atoms with Crippen LogP contribution in [0.1, 0.15) is 35.1 Å². The molecule has 1 aliphatic rings. The van der Waals surface area contributed by atoms with E-state index in [0.29, 0.717) is 12.3 Å². The average Bonchev–Trinajstić information content (AvgIpc) is 3.23. The Bertz CT molecular complexity index is 786. The molecule has 0 aliphatic heterocycles. The average molecular weight is 357 g/mol. The van der Waals surface area contributed by atoms with Crippen molar-refractivity contribution in [3.63, 3.8) is 0 Å². The van der Waals surface area contributed by atoms with Gasteiger partial charge in [-0.15, -0.1) is 0 Å². The zero-order valence-electron chi connectivity index (χ0n) is 15.0. The first-order chi connectivity index (χ1) is 12.6. The van der Waals surface area contributed by atoms with Crippen molar-refractivity contribution < 1.29 is 19.1 Å². The standard InChI is InChI=1S/C19H23N3O4/c1-13(11-25-2)20-17(23)12-26-19(24)18-15-9-6-10-16(15)22(21-18)14-7-4-3-5-8-14/h3-5,7-8,13H,6,9-12H2,1-2H3,(H,20,23). The van der Waals surface area contributed by atoms with E-state index in [9.17, 15) is 9.59 Å². The van der Waals surface area contributed by atoms with Crippen LogP contribution < -0.4 is 5.32 Å². The van der Waals surface area contributed by atoms with Crippen LogP contribution >= 0.6 is 0 Å². The topological polar surface area (TPSA) is 82.4 Å². The van der Waals surface area contributed by atoms with Crippen LogP contribution in [0.25, 0.3) is 5.69 Å². The number of hydrogen-bond donors (Lipinski definition) is 1. The Morgan fingerprint density at radius 2 is 2.04 bits per heavy atom. The Kier molecular flexibility index (Phi) is 5.68. The van der Waals surface area contributed by atoms with Crippen molar-refractivity contribution >= 4 is 11.9 Å². The minimum absolute atomic E-state index is 0.146. The van der Waals surface area contributed by atoms with Crippen LogP contribution in [0, 0.1) is 0 Å². The van der Waals surface area contributed by atoms with Crippen LogP contribution in [0.4, 0.5) is 0 Å². The van der Waals surface area contributed by atoms with Crippen LogP contribution in [-0.4, -0.2) is 48.0 Å². The fraction of sp³-hybridized carbons (Fsp3) is 0.421. The van der Waals surface area contributed by atoms with Gasteiger partial charge in [0.05, 0.1) is 12.3 Å². The number of nitrogens with zero attached hydrogens (tertiary/aromatic N) is 2. The summed E-state index contributed by atoms with van der Waals surface area (Å²) >= 11 is 0. The number of hydrogen-bond acceptors (Lipinski definition) is 5. The Hall–Kier alpha value is -2.67. The van der Waals surface area contributed by atoms with Crippen LogP contribution in [0.15, 0.2) is 30.3 Å². The van der Waals surface area contributed by atoms with Crippen molar-refractivity contribution in [2.24, 2.45) is 0 Å². The van der Waals surface area contributed by atoms with Gasteiger partial charge < -0.3 is 14.8 Å². The Labute approximate surface area is 152 Å². The molecule has 26 heavy (non-hydrogen) atoms. The van der Waals surface area contributed by atoms with Gasteiger partial charge in [-0.1, -0.05) is 18.2 Å². The van der Waals surface area contributed by atoms with Crippen molar-refractivity contribution in [2.45, 2.75) is 32.2 Å². The molecule has 7 nitrogen and oxygen atoms in total. The maximum absolute atomic E-state index is 12.5. The number of methoxy groups -OCH3 is 1. The fourth-order valence-electron chi connectivity index (χ4n) is 3.19. The number of ether oxygens (including phenoxy) is 2. The van der Waals surface area contributed by atoms with Gasteiger partial charge in [-0.3, -0.25) is 4.79 Å². The van der Waals surface area contributed by atoms with E-state index < -0.39 is 5.97 Å². The number of para-hydroxylation sites is 1. The van der Waals surface area contributed by atoms with E-state index in [1.165, 1.54) is 0 Å². The molecule has 7 heteroatoms. The molecule has 0 spiro atoms. The summed E-state index contributed by atoms with van der Waals surface area (Å²) in [4.78, 5) is 24.3. The molecule has 138 valence electrons. The van der Waals surface area contributed by atoms with Gasteiger partial charge in [0.2, 0.25) is 0 Å². The molecule has 1 aliphatic carbocycles. The lowest BCUT2D eigenvalue weighted by atomic mass is 10.2. The first-order valence-electron chi connectivity index (χ1n) is 8.71. The van der Waals surface area contributed by atoms with E-state index in [2.05, 4.69) is 10.4 Å². The zero-order valence-corrected chi connectivity index (χ0v) is 15.0. The molecule has 1 unspecified atom stereocenters. The normalized spacial score (nSPS) is 13.9. The van der Waals surface area contributed by atoms with Crippen molar-refractivity contribution in [1.82, 2.24) is 15.1 Å². The number of carbonyl (C=O) groups is 2. The molecule has 0 saturated carbocycles. The lowest BCUT2D eigenvalue weighted by molar-refractivity contribution is -0.125. The molecular weight excluding hydrogens is 334 g/mol. The van der Waals surface area contributed by atoms with Gasteiger partial charge >= 0.3 is 5.97 Å². The second-order valence-corrected chi connectivity index (χ2v) is 6.37. The molecule has 0 bridgehead atoms. The summed E-state index contributed by atoms with van der Waals surface area (Å²) in [5.41, 5.74) is 3.18. The Balaban J connectivity index is 1.70. The van der Waals surface area contributed by atoms with E-state index >= 15 is 0 Å². The van der Waals surface area contributed by atoms with Gasteiger partial charge in [-0.25, -0.2) is 9.48 Å². The molecule has 3 rings (SSSR count). The maximum atomic E-state index is 12.5. The molecule has 1 aromatic heterocycles. The number of esters is 1. The quantitative estimate of drug-likeness (QED) is 0.762. The van der Waals surface area contributed by atoms with Crippen LogP contribution in [0.2, 0.25) is 0 Å². The smallest absolute Gasteiger partial charge is 0.359 e. The highest BCUT2D eigenvalue weighted by Crippen LogP contribution is 2.28. The molecule has 2 aromatic rings. The summed E-state index contributed by atoms with van der Waals surface area (Å²) in [6, 6.07) is 9.55. The van der Waals surface area contributed by atoms with Gasteiger partial charge in [-0.05, 0) is 38.3 Å². The number of amides is 1. The third-order valence-electron chi connectivity index (χ3n) is 4.28. The number of nitrogens with one attached hydrogen (secondary N) is 1. The van der Waals surface area contributed by atoms with E-state index in [-0.39, 0.29) is 18.6 Å². The molecule has 0 saturated heterocycles. The lowest BCUT2D eigenvalue weighted by Gasteiger charge is -2.12. The predicted octanol–water partition coefficient (Wildman–Crippen LogP) is 1.67. The van der Waals surface area contributed by atoms with Crippen LogP contribution in [-0.2, 0) is 27.1 Å². The van der Waals surface area contributed by atoms with Gasteiger partial charge in [0, 0.05) is 24.4 Å². The van der Waals surface area contributed by atoms with Crippen molar-refractivity contribution in [3.8, 4) is 5.69 Å². The van der Waals surface area contributed by atoms with Crippen molar-refractivity contribution in [2.75, 3.05) is 20.3 Å². The molecule has 1 N–H and O–H groups in total. The minimum atomic E-state index is -0.563. The zero-order chi connectivity index (χ0) is 18.5. The molecule has 1 heterocycles. The van der Waals surface area contributed by atoms with E-state index in [1.54, 1.807) is 11.8 Å². The summed E-state index contributed by atoms with van der Waals surface area (Å²) in [6.07, 6.45) is 2.65. The summed E-state index contributed by atoms with van der Waals surface area (Å²) in [6.45, 7) is 1.88. The van der Waals surface area contributed by atoms with Crippen LogP contribution in [0.5, 0.6) is 0 Å². The lowest BCUT2D eigenvalue weighted by Crippen LogP contribution is -2.38. The molecule has 1 atom stereocenters. The van der Waals surface area contributed by atoms with Crippen LogP contribution in [0.3, 0.4) is 0 Å². The third-order valence-corrected chi connectivity index (χ3v) is 4.28. The number of carbonyl (C=O) groups excluding carboxylic acids is 2.